The van der Waals surface area contributed by atoms with Gasteiger partial charge in [0.25, 0.3) is 0 Å². The van der Waals surface area contributed by atoms with Gasteiger partial charge in [0.05, 0.1) is 17.6 Å². The van der Waals surface area contributed by atoms with Gasteiger partial charge in [-0.25, -0.2) is 18.6 Å². The van der Waals surface area contributed by atoms with E-state index in [1.807, 2.05) is 32.6 Å². The van der Waals surface area contributed by atoms with Crippen LogP contribution in [0.15, 0.2) is 30.5 Å². The Balaban J connectivity index is 1.57. The highest BCUT2D eigenvalue weighted by atomic mass is 28.3. The van der Waals surface area contributed by atoms with Gasteiger partial charge in [0.1, 0.15) is 43.0 Å². The zero-order chi connectivity index (χ0) is 42.3. The number of halogens is 2. The van der Waals surface area contributed by atoms with Crippen LogP contribution in [0.3, 0.4) is 0 Å². The van der Waals surface area contributed by atoms with Crippen molar-refractivity contribution in [3.8, 4) is 28.5 Å². The number of aryl methyl sites for hydroxylation is 2. The molecule has 310 valence electrons. The van der Waals surface area contributed by atoms with E-state index >= 15 is 8.78 Å². The number of nitrogens with zero attached hydrogens (tertiary/aromatic N) is 4. The number of carbonyl (C=O) groups is 2. The van der Waals surface area contributed by atoms with Crippen LogP contribution in [-0.4, -0.2) is 80.0 Å². The van der Waals surface area contributed by atoms with E-state index in [0.29, 0.717) is 86.1 Å². The average molecular weight is 813 g/mol. The first-order valence-corrected chi connectivity index (χ1v) is 22.8. The Bertz CT molecular complexity index is 2240. The van der Waals surface area contributed by atoms with Crippen LogP contribution in [0.25, 0.3) is 32.8 Å². The summed E-state index contributed by atoms with van der Waals surface area (Å²) in [4.78, 5) is 38.8. The number of ether oxygens (including phenoxy) is 3. The Morgan fingerprint density at radius 1 is 1.02 bits per heavy atom. The highest BCUT2D eigenvalue weighted by Crippen LogP contribution is 2.44. The fourth-order valence-electron chi connectivity index (χ4n) is 9.53. The van der Waals surface area contributed by atoms with Crippen molar-refractivity contribution in [2.24, 2.45) is 0 Å². The van der Waals surface area contributed by atoms with Crippen molar-refractivity contribution >= 4 is 47.8 Å². The van der Waals surface area contributed by atoms with E-state index in [-0.39, 0.29) is 42.6 Å². The number of pyridine rings is 2. The fourth-order valence-corrected chi connectivity index (χ4v) is 14.7. The van der Waals surface area contributed by atoms with E-state index in [0.717, 1.165) is 19.1 Å². The van der Waals surface area contributed by atoms with Gasteiger partial charge >= 0.3 is 6.09 Å². The molecule has 4 aromatic rings. The van der Waals surface area contributed by atoms with Crippen molar-refractivity contribution < 1.29 is 32.6 Å². The van der Waals surface area contributed by atoms with E-state index < -0.39 is 25.3 Å². The van der Waals surface area contributed by atoms with E-state index in [2.05, 4.69) is 57.9 Å². The van der Waals surface area contributed by atoms with Gasteiger partial charge in [-0.2, -0.15) is 0 Å². The lowest BCUT2D eigenvalue weighted by Gasteiger charge is -2.42. The van der Waals surface area contributed by atoms with Crippen molar-refractivity contribution in [1.29, 1.82) is 0 Å². The number of piperazine rings is 1. The predicted molar refractivity (Wildman–Crippen MR) is 229 cm³/mol. The normalized spacial score (nSPS) is 17.1. The Labute approximate surface area is 342 Å². The number of hydrogen-bond donors (Lipinski definition) is 0. The lowest BCUT2D eigenvalue weighted by Crippen LogP contribution is -2.57. The first-order chi connectivity index (χ1) is 27.4. The van der Waals surface area contributed by atoms with E-state index in [4.69, 9.17) is 24.2 Å². The molecule has 2 aliphatic heterocycles. The summed E-state index contributed by atoms with van der Waals surface area (Å²) in [5, 5.41) is 1.91. The third kappa shape index (κ3) is 8.04. The van der Waals surface area contributed by atoms with Gasteiger partial charge in [-0.1, -0.05) is 53.5 Å². The molecule has 2 aromatic carbocycles. The van der Waals surface area contributed by atoms with Gasteiger partial charge < -0.3 is 23.9 Å². The topological polar surface area (TPSA) is 94.1 Å². The summed E-state index contributed by atoms with van der Waals surface area (Å²) in [5.41, 5.74) is 5.77. The van der Waals surface area contributed by atoms with Gasteiger partial charge in [-0.3, -0.25) is 9.88 Å². The SMILES string of the molecule is COCOc1cc(-c2ncc3c(N4CC5CCC(C4)N5C(=O)OC(C)(C)C)nc(CCC=O)c(C)c3c2F)c2c(C#C[Si](C(C)C)(C(C)C)C(C)C)c(F)ccc2c1. The zero-order valence-electron chi connectivity index (χ0n) is 35.9. The molecule has 2 aromatic heterocycles. The summed E-state index contributed by atoms with van der Waals surface area (Å²) < 4.78 is 50.9. The predicted octanol–water partition coefficient (Wildman–Crippen LogP) is 10.3. The molecule has 2 aliphatic rings. The Hall–Kier alpha value is -4.60. The van der Waals surface area contributed by atoms with Gasteiger partial charge in [-0.05, 0) is 92.7 Å². The third-order valence-electron chi connectivity index (χ3n) is 12.1. The van der Waals surface area contributed by atoms with Crippen molar-refractivity contribution in [2.45, 2.75) is 129 Å². The maximum atomic E-state index is 17.8. The molecular weight excluding hydrogens is 755 g/mol. The third-order valence-corrected chi connectivity index (χ3v) is 18.4. The molecule has 2 bridgehead atoms. The molecular formula is C46H58F2N4O5Si. The van der Waals surface area contributed by atoms with Gasteiger partial charge in [0.15, 0.2) is 12.6 Å². The van der Waals surface area contributed by atoms with Crippen LogP contribution in [0.2, 0.25) is 16.6 Å². The van der Waals surface area contributed by atoms with Crippen molar-refractivity contribution in [3.63, 3.8) is 0 Å². The van der Waals surface area contributed by atoms with Crippen molar-refractivity contribution in [1.82, 2.24) is 14.9 Å². The Morgan fingerprint density at radius 2 is 1.67 bits per heavy atom. The van der Waals surface area contributed by atoms with Gasteiger partial charge in [-0.15, -0.1) is 5.54 Å². The first kappa shape index (κ1) is 43.0. The summed E-state index contributed by atoms with van der Waals surface area (Å²) in [6, 6.07) is 6.31. The molecule has 0 N–H and O–H groups in total. The average Bonchev–Trinajstić information content (AvgIpc) is 3.42. The number of amides is 1. The summed E-state index contributed by atoms with van der Waals surface area (Å²) in [6.07, 6.45) is 4.30. The van der Waals surface area contributed by atoms with E-state index in [1.54, 1.807) is 24.4 Å². The van der Waals surface area contributed by atoms with Crippen LogP contribution < -0.4 is 9.64 Å². The lowest BCUT2D eigenvalue weighted by atomic mass is 9.94. The molecule has 9 nitrogen and oxygen atoms in total. The Morgan fingerprint density at radius 3 is 2.26 bits per heavy atom. The minimum absolute atomic E-state index is 0.0190. The highest BCUT2D eigenvalue weighted by molar-refractivity contribution is 6.90. The molecule has 0 saturated carbocycles. The molecule has 0 spiro atoms. The van der Waals surface area contributed by atoms with E-state index in [9.17, 15) is 9.59 Å². The summed E-state index contributed by atoms with van der Waals surface area (Å²) >= 11 is 0. The molecule has 58 heavy (non-hydrogen) atoms. The molecule has 2 fully saturated rings. The van der Waals surface area contributed by atoms with Crippen LogP contribution in [0.1, 0.15) is 98.4 Å². The lowest BCUT2D eigenvalue weighted by molar-refractivity contribution is -0.107. The molecule has 2 atom stereocenters. The number of hydrogen-bond acceptors (Lipinski definition) is 8. The van der Waals surface area contributed by atoms with Crippen LogP contribution in [0, 0.1) is 30.0 Å². The molecule has 1 amide bonds. The maximum Gasteiger partial charge on any atom is 0.410 e. The quantitative estimate of drug-likeness (QED) is 0.0640. The number of aromatic nitrogens is 2. The summed E-state index contributed by atoms with van der Waals surface area (Å²) in [5.74, 6) is 3.21. The maximum absolute atomic E-state index is 17.8. The van der Waals surface area contributed by atoms with E-state index in [1.165, 1.54) is 13.2 Å². The first-order valence-electron chi connectivity index (χ1n) is 20.5. The number of benzene rings is 2. The second-order valence-corrected chi connectivity index (χ2v) is 23.4. The zero-order valence-corrected chi connectivity index (χ0v) is 36.9. The van der Waals surface area contributed by atoms with Crippen molar-refractivity contribution in [3.05, 3.63) is 58.9 Å². The number of carbonyl (C=O) groups excluding carboxylic acids is 2. The highest BCUT2D eigenvalue weighted by Gasteiger charge is 2.45. The second-order valence-electron chi connectivity index (χ2n) is 17.8. The van der Waals surface area contributed by atoms with Gasteiger partial charge in [0, 0.05) is 60.2 Å². The summed E-state index contributed by atoms with van der Waals surface area (Å²) in [6.45, 7) is 21.6. The number of methoxy groups -OCH3 is 1. The number of fused-ring (bicyclic) bond motifs is 4. The minimum atomic E-state index is -2.29. The van der Waals surface area contributed by atoms with Crippen LogP contribution in [-0.2, 0) is 20.7 Å². The molecule has 12 heteroatoms. The van der Waals surface area contributed by atoms with Crippen molar-refractivity contribution in [2.75, 3.05) is 31.9 Å². The summed E-state index contributed by atoms with van der Waals surface area (Å²) in [7, 11) is -0.774. The standard InChI is InChI=1S/C46H58F2N4O5Si/c1-27(2)58(28(3)4,29(5)6)20-18-35-38(47)17-14-31-21-34(56-26-55-11)22-36(41(31)35)43-42(48)40-30(7)39(13-12-19-53)50-44(37(40)23-49-43)51-24-32-15-16-33(25-51)52(32)45(54)57-46(8,9)10/h14,17,19,21-23,27-29,32-33H,12-13,15-16,24-26H2,1-11H3. The molecule has 0 aliphatic carbocycles. The van der Waals surface area contributed by atoms with Gasteiger partial charge in [0.2, 0.25) is 0 Å². The Kier molecular flexibility index (Phi) is 12.6. The van der Waals surface area contributed by atoms with Crippen LogP contribution in [0.5, 0.6) is 5.75 Å². The second kappa shape index (κ2) is 16.9. The molecule has 2 unspecified atom stereocenters. The van der Waals surface area contributed by atoms with Crippen LogP contribution in [0.4, 0.5) is 19.4 Å². The number of anilines is 1. The molecule has 4 heterocycles. The largest absolute Gasteiger partial charge is 0.468 e. The molecule has 2 saturated heterocycles. The smallest absolute Gasteiger partial charge is 0.410 e. The monoisotopic (exact) mass is 812 g/mol. The molecule has 6 rings (SSSR count). The fraction of sp³-hybridized carbons (Fsp3) is 0.522. The minimum Gasteiger partial charge on any atom is -0.468 e. The number of aldehydes is 1. The molecule has 0 radical (unpaired) electrons. The van der Waals surface area contributed by atoms with Crippen LogP contribution >= 0.6 is 0 Å². The number of rotatable bonds is 11.